The summed E-state index contributed by atoms with van der Waals surface area (Å²) >= 11 is 0. The van der Waals surface area contributed by atoms with Crippen LogP contribution in [0.5, 0.6) is 0 Å². The van der Waals surface area contributed by atoms with E-state index in [-0.39, 0.29) is 23.4 Å². The van der Waals surface area contributed by atoms with Crippen LogP contribution in [0.4, 0.5) is 0 Å². The van der Waals surface area contributed by atoms with Gasteiger partial charge in [0.15, 0.2) is 0 Å². The molecule has 0 aromatic rings. The average molecular weight is 260 g/mol. The highest BCUT2D eigenvalue weighted by molar-refractivity contribution is 7.84. The average Bonchev–Trinajstić information content (AvgIpc) is 2.52. The van der Waals surface area contributed by atoms with Crippen LogP contribution in [-0.2, 0) is 15.6 Å². The van der Waals surface area contributed by atoms with E-state index in [1.807, 2.05) is 18.7 Å². The fraction of sp³-hybridized carbons (Fsp3) is 0.917. The topological polar surface area (TPSA) is 49.4 Å². The summed E-state index contributed by atoms with van der Waals surface area (Å²) in [6, 6.07) is -0.0750. The highest BCUT2D eigenvalue weighted by atomic mass is 32.2. The van der Waals surface area contributed by atoms with Crippen molar-refractivity contribution in [2.75, 3.05) is 12.8 Å². The van der Waals surface area contributed by atoms with Crippen LogP contribution in [0.1, 0.15) is 40.0 Å². The lowest BCUT2D eigenvalue weighted by Gasteiger charge is -2.24. The molecule has 1 fully saturated rings. The maximum absolute atomic E-state index is 12.0. The SMILES string of the molecule is CCCC1NC(C)C(=O)N1CCC(C)S(C)=O. The number of nitrogens with zero attached hydrogens (tertiary/aromatic N) is 1. The van der Waals surface area contributed by atoms with Crippen molar-refractivity contribution in [2.24, 2.45) is 0 Å². The van der Waals surface area contributed by atoms with Gasteiger partial charge in [-0.2, -0.15) is 0 Å². The zero-order valence-corrected chi connectivity index (χ0v) is 12.0. The molecule has 1 heterocycles. The van der Waals surface area contributed by atoms with Gasteiger partial charge in [-0.15, -0.1) is 0 Å². The van der Waals surface area contributed by atoms with Gasteiger partial charge in [-0.05, 0) is 19.8 Å². The lowest BCUT2D eigenvalue weighted by molar-refractivity contribution is -0.129. The second-order valence-corrected chi connectivity index (χ2v) is 6.62. The summed E-state index contributed by atoms with van der Waals surface area (Å²) in [5.74, 6) is 0.178. The molecule has 1 rings (SSSR count). The Morgan fingerprint density at radius 2 is 2.18 bits per heavy atom. The van der Waals surface area contributed by atoms with Gasteiger partial charge in [0, 0.05) is 28.9 Å². The van der Waals surface area contributed by atoms with Gasteiger partial charge in [0.25, 0.3) is 0 Å². The molecule has 17 heavy (non-hydrogen) atoms. The fourth-order valence-electron chi connectivity index (χ4n) is 2.12. The molecule has 0 spiro atoms. The predicted octanol–water partition coefficient (Wildman–Crippen LogP) is 1.09. The Balaban J connectivity index is 2.54. The van der Waals surface area contributed by atoms with Crippen LogP contribution >= 0.6 is 0 Å². The molecule has 1 amide bonds. The van der Waals surface area contributed by atoms with Gasteiger partial charge >= 0.3 is 0 Å². The zero-order valence-electron chi connectivity index (χ0n) is 11.2. The standard InChI is InChI=1S/C12H24N2O2S/c1-5-6-11-13-10(3)12(15)14(11)8-7-9(2)17(4)16/h9-11,13H,5-8H2,1-4H3. The van der Waals surface area contributed by atoms with Crippen molar-refractivity contribution in [3.63, 3.8) is 0 Å². The van der Waals surface area contributed by atoms with Crippen LogP contribution < -0.4 is 5.32 Å². The summed E-state index contributed by atoms with van der Waals surface area (Å²) < 4.78 is 11.3. The third-order valence-corrected chi connectivity index (χ3v) is 4.75. The molecule has 0 aliphatic carbocycles. The molecule has 0 bridgehead atoms. The van der Waals surface area contributed by atoms with E-state index in [0.717, 1.165) is 19.3 Å². The van der Waals surface area contributed by atoms with Crippen molar-refractivity contribution in [1.82, 2.24) is 10.2 Å². The van der Waals surface area contributed by atoms with Crippen LogP contribution in [0.15, 0.2) is 0 Å². The molecule has 0 radical (unpaired) electrons. The van der Waals surface area contributed by atoms with Crippen molar-refractivity contribution in [3.8, 4) is 0 Å². The molecule has 1 N–H and O–H groups in total. The van der Waals surface area contributed by atoms with Gasteiger partial charge in [-0.25, -0.2) is 0 Å². The molecule has 5 heteroatoms. The second kappa shape index (κ2) is 6.50. The minimum atomic E-state index is -0.804. The van der Waals surface area contributed by atoms with E-state index in [0.29, 0.717) is 6.54 Å². The van der Waals surface area contributed by atoms with Gasteiger partial charge in [0.05, 0.1) is 12.2 Å². The molecule has 0 aromatic carbocycles. The first kappa shape index (κ1) is 14.6. The first-order valence-electron chi connectivity index (χ1n) is 6.36. The molecular weight excluding hydrogens is 236 g/mol. The number of carbonyl (C=O) groups excluding carboxylic acids is 1. The molecule has 0 saturated carbocycles. The second-order valence-electron chi connectivity index (χ2n) is 4.82. The Morgan fingerprint density at radius 1 is 1.53 bits per heavy atom. The fourth-order valence-corrected chi connectivity index (χ4v) is 2.55. The van der Waals surface area contributed by atoms with E-state index in [2.05, 4.69) is 12.2 Å². The molecule has 1 saturated heterocycles. The van der Waals surface area contributed by atoms with Gasteiger partial charge in [0.1, 0.15) is 0 Å². The first-order chi connectivity index (χ1) is 7.97. The van der Waals surface area contributed by atoms with Crippen LogP contribution in [0, 0.1) is 0 Å². The van der Waals surface area contributed by atoms with E-state index in [9.17, 15) is 9.00 Å². The minimum absolute atomic E-state index is 0.0750. The molecule has 100 valence electrons. The number of nitrogens with one attached hydrogen (secondary N) is 1. The van der Waals surface area contributed by atoms with E-state index in [1.54, 1.807) is 6.26 Å². The predicted molar refractivity (Wildman–Crippen MR) is 71.2 cm³/mol. The Hall–Kier alpha value is -0.420. The Kier molecular flexibility index (Phi) is 5.59. The largest absolute Gasteiger partial charge is 0.326 e. The van der Waals surface area contributed by atoms with E-state index >= 15 is 0 Å². The maximum Gasteiger partial charge on any atom is 0.240 e. The summed E-state index contributed by atoms with van der Waals surface area (Å²) in [5.41, 5.74) is 0. The third kappa shape index (κ3) is 3.78. The van der Waals surface area contributed by atoms with Crippen LogP contribution in [-0.4, -0.2) is 45.3 Å². The first-order valence-corrected chi connectivity index (χ1v) is 7.98. The monoisotopic (exact) mass is 260 g/mol. The number of rotatable bonds is 6. The van der Waals surface area contributed by atoms with Crippen molar-refractivity contribution < 1.29 is 9.00 Å². The highest BCUT2D eigenvalue weighted by Gasteiger charge is 2.35. The molecular formula is C12H24N2O2S. The maximum atomic E-state index is 12.0. The summed E-state index contributed by atoms with van der Waals surface area (Å²) in [6.07, 6.45) is 4.74. The minimum Gasteiger partial charge on any atom is -0.326 e. The van der Waals surface area contributed by atoms with Crippen molar-refractivity contribution in [3.05, 3.63) is 0 Å². The number of carbonyl (C=O) groups is 1. The van der Waals surface area contributed by atoms with Crippen LogP contribution in [0.3, 0.4) is 0 Å². The van der Waals surface area contributed by atoms with Gasteiger partial charge < -0.3 is 4.90 Å². The molecule has 1 aliphatic rings. The van der Waals surface area contributed by atoms with E-state index in [1.165, 1.54) is 0 Å². The van der Waals surface area contributed by atoms with Gasteiger partial charge in [-0.1, -0.05) is 20.3 Å². The van der Waals surface area contributed by atoms with Crippen molar-refractivity contribution in [2.45, 2.75) is 57.5 Å². The van der Waals surface area contributed by atoms with Crippen molar-refractivity contribution >= 4 is 16.7 Å². The number of hydrogen-bond donors (Lipinski definition) is 1. The Morgan fingerprint density at radius 3 is 2.71 bits per heavy atom. The zero-order chi connectivity index (χ0) is 13.0. The van der Waals surface area contributed by atoms with E-state index in [4.69, 9.17) is 0 Å². The normalized spacial score (nSPS) is 28.5. The summed E-state index contributed by atoms with van der Waals surface area (Å²) in [4.78, 5) is 13.9. The summed E-state index contributed by atoms with van der Waals surface area (Å²) in [7, 11) is -0.804. The summed E-state index contributed by atoms with van der Waals surface area (Å²) in [5, 5.41) is 3.46. The van der Waals surface area contributed by atoms with Crippen LogP contribution in [0.25, 0.3) is 0 Å². The van der Waals surface area contributed by atoms with Gasteiger partial charge in [0.2, 0.25) is 5.91 Å². The Labute approximate surface area is 107 Å². The summed E-state index contributed by atoms with van der Waals surface area (Å²) in [6.45, 7) is 6.72. The van der Waals surface area contributed by atoms with Gasteiger partial charge in [-0.3, -0.25) is 14.3 Å². The number of hydrogen-bond acceptors (Lipinski definition) is 3. The molecule has 4 nitrogen and oxygen atoms in total. The molecule has 1 aliphatic heterocycles. The van der Waals surface area contributed by atoms with Crippen LogP contribution in [0.2, 0.25) is 0 Å². The van der Waals surface area contributed by atoms with E-state index < -0.39 is 10.8 Å². The molecule has 4 unspecified atom stereocenters. The number of amides is 1. The quantitative estimate of drug-likeness (QED) is 0.778. The Bertz CT molecular complexity index is 296. The smallest absolute Gasteiger partial charge is 0.240 e. The third-order valence-electron chi connectivity index (χ3n) is 3.38. The van der Waals surface area contributed by atoms with Crippen molar-refractivity contribution in [1.29, 1.82) is 0 Å². The molecule has 4 atom stereocenters. The molecule has 0 aromatic heterocycles. The highest BCUT2D eigenvalue weighted by Crippen LogP contribution is 2.16. The lowest BCUT2D eigenvalue weighted by Crippen LogP contribution is -2.39. The lowest BCUT2D eigenvalue weighted by atomic mass is 10.2.